The molecule has 0 saturated heterocycles. The first-order chi connectivity index (χ1) is 11.2. The summed E-state index contributed by atoms with van der Waals surface area (Å²) in [6, 6.07) is 12.9. The maximum absolute atomic E-state index is 11.7. The Morgan fingerprint density at radius 1 is 1.22 bits per heavy atom. The molecule has 1 N–H and O–H groups in total. The van der Waals surface area contributed by atoms with Gasteiger partial charge in [0, 0.05) is 0 Å². The van der Waals surface area contributed by atoms with E-state index in [1.165, 1.54) is 6.21 Å². The molecule has 0 atom stereocenters. The van der Waals surface area contributed by atoms with Crippen LogP contribution in [0.1, 0.15) is 11.1 Å². The third-order valence-corrected chi connectivity index (χ3v) is 3.19. The number of carbonyl (C=O) groups is 1. The number of amides is 1. The van der Waals surface area contributed by atoms with Crippen LogP contribution in [0.2, 0.25) is 0 Å². The van der Waals surface area contributed by atoms with E-state index >= 15 is 0 Å². The molecular formula is C17H16N2O4. The summed E-state index contributed by atoms with van der Waals surface area (Å²) in [5.74, 6) is 1.69. The Balaban J connectivity index is 1.47. The lowest BCUT2D eigenvalue weighted by Gasteiger charge is -2.05. The van der Waals surface area contributed by atoms with Crippen molar-refractivity contribution in [1.29, 1.82) is 0 Å². The number of hydrogen-bond acceptors (Lipinski definition) is 5. The van der Waals surface area contributed by atoms with E-state index in [2.05, 4.69) is 10.5 Å². The summed E-state index contributed by atoms with van der Waals surface area (Å²) in [5.41, 5.74) is 4.35. The predicted octanol–water partition coefficient (Wildman–Crippen LogP) is 2.25. The Hall–Kier alpha value is -3.02. The van der Waals surface area contributed by atoms with Crippen molar-refractivity contribution in [1.82, 2.24) is 5.43 Å². The molecular weight excluding hydrogens is 296 g/mol. The molecule has 0 saturated carbocycles. The first kappa shape index (κ1) is 14.9. The van der Waals surface area contributed by atoms with E-state index in [0.29, 0.717) is 17.2 Å². The van der Waals surface area contributed by atoms with Crippen molar-refractivity contribution >= 4 is 12.1 Å². The Bertz CT molecular complexity index is 726. The summed E-state index contributed by atoms with van der Waals surface area (Å²) < 4.78 is 15.9. The molecule has 2 aromatic carbocycles. The second-order valence-corrected chi connectivity index (χ2v) is 5.01. The summed E-state index contributed by atoms with van der Waals surface area (Å²) in [4.78, 5) is 11.7. The van der Waals surface area contributed by atoms with Crippen LogP contribution < -0.4 is 19.6 Å². The van der Waals surface area contributed by atoms with E-state index < -0.39 is 0 Å². The lowest BCUT2D eigenvalue weighted by atomic mass is 10.2. The van der Waals surface area contributed by atoms with E-state index in [1.807, 2.05) is 37.3 Å². The number of fused-ring (bicyclic) bond motifs is 1. The molecule has 1 aliphatic heterocycles. The van der Waals surface area contributed by atoms with Crippen molar-refractivity contribution in [3.05, 3.63) is 53.6 Å². The van der Waals surface area contributed by atoms with Gasteiger partial charge in [0.05, 0.1) is 6.21 Å². The van der Waals surface area contributed by atoms with Crippen LogP contribution in [0.15, 0.2) is 47.6 Å². The highest BCUT2D eigenvalue weighted by Crippen LogP contribution is 2.31. The summed E-state index contributed by atoms with van der Waals surface area (Å²) >= 11 is 0. The van der Waals surface area contributed by atoms with Crippen molar-refractivity contribution in [2.24, 2.45) is 5.10 Å². The van der Waals surface area contributed by atoms with Gasteiger partial charge in [0.25, 0.3) is 5.91 Å². The first-order valence-corrected chi connectivity index (χ1v) is 7.12. The largest absolute Gasteiger partial charge is 0.484 e. The number of aryl methyl sites for hydroxylation is 1. The van der Waals surface area contributed by atoms with Gasteiger partial charge in [0.1, 0.15) is 5.75 Å². The number of nitrogens with one attached hydrogen (secondary N) is 1. The van der Waals surface area contributed by atoms with Crippen molar-refractivity contribution in [2.45, 2.75) is 6.92 Å². The molecule has 23 heavy (non-hydrogen) atoms. The van der Waals surface area contributed by atoms with E-state index in [1.54, 1.807) is 12.1 Å². The monoisotopic (exact) mass is 312 g/mol. The molecule has 0 aliphatic carbocycles. The van der Waals surface area contributed by atoms with Gasteiger partial charge in [-0.3, -0.25) is 4.79 Å². The second kappa shape index (κ2) is 6.83. The maximum atomic E-state index is 11.7. The molecule has 0 fully saturated rings. The minimum Gasteiger partial charge on any atom is -0.484 e. The zero-order valence-electron chi connectivity index (χ0n) is 12.6. The van der Waals surface area contributed by atoms with E-state index in [9.17, 15) is 4.79 Å². The molecule has 0 bridgehead atoms. The van der Waals surface area contributed by atoms with Crippen LogP contribution in [0, 0.1) is 6.92 Å². The molecule has 0 spiro atoms. The number of hydrogen-bond donors (Lipinski definition) is 1. The maximum Gasteiger partial charge on any atom is 0.277 e. The molecule has 118 valence electrons. The molecule has 1 heterocycles. The molecule has 3 rings (SSSR count). The van der Waals surface area contributed by atoms with Gasteiger partial charge >= 0.3 is 0 Å². The van der Waals surface area contributed by atoms with E-state index in [-0.39, 0.29) is 19.3 Å². The zero-order valence-corrected chi connectivity index (χ0v) is 12.6. The van der Waals surface area contributed by atoms with Crippen LogP contribution in [-0.2, 0) is 4.79 Å². The minimum absolute atomic E-state index is 0.0957. The number of carbonyl (C=O) groups excluding carboxylic acids is 1. The summed E-state index contributed by atoms with van der Waals surface area (Å²) in [6.07, 6.45) is 1.53. The fraction of sp³-hybridized carbons (Fsp3) is 0.176. The standard InChI is InChI=1S/C17H16N2O4/c1-12-2-5-14(6-3-12)21-10-17(20)19-18-9-13-4-7-15-16(8-13)23-11-22-15/h2-9H,10-11H2,1H3,(H,19,20). The number of ether oxygens (including phenoxy) is 3. The quantitative estimate of drug-likeness (QED) is 0.679. The van der Waals surface area contributed by atoms with E-state index in [4.69, 9.17) is 14.2 Å². The summed E-state index contributed by atoms with van der Waals surface area (Å²) in [6.45, 7) is 2.12. The van der Waals surface area contributed by atoms with Crippen molar-refractivity contribution in [2.75, 3.05) is 13.4 Å². The Kier molecular flexibility index (Phi) is 4.42. The highest BCUT2D eigenvalue weighted by atomic mass is 16.7. The third kappa shape index (κ3) is 4.00. The first-order valence-electron chi connectivity index (χ1n) is 7.12. The van der Waals surface area contributed by atoms with Gasteiger partial charge in [-0.15, -0.1) is 0 Å². The fourth-order valence-corrected chi connectivity index (χ4v) is 1.99. The number of hydrazone groups is 1. The molecule has 6 nitrogen and oxygen atoms in total. The summed E-state index contributed by atoms with van der Waals surface area (Å²) in [5, 5.41) is 3.89. The van der Waals surface area contributed by atoms with E-state index in [0.717, 1.165) is 11.1 Å². The van der Waals surface area contributed by atoms with Gasteiger partial charge in [0.15, 0.2) is 18.1 Å². The SMILES string of the molecule is Cc1ccc(OCC(=O)NN=Cc2ccc3c(c2)OCO3)cc1. The smallest absolute Gasteiger partial charge is 0.277 e. The molecule has 2 aromatic rings. The molecule has 0 radical (unpaired) electrons. The van der Waals surface area contributed by atoms with Gasteiger partial charge in [-0.1, -0.05) is 17.7 Å². The van der Waals surface area contributed by atoms with Crippen LogP contribution in [0.3, 0.4) is 0 Å². The highest BCUT2D eigenvalue weighted by molar-refractivity contribution is 5.83. The lowest BCUT2D eigenvalue weighted by Crippen LogP contribution is -2.24. The fourth-order valence-electron chi connectivity index (χ4n) is 1.99. The molecule has 0 aromatic heterocycles. The van der Waals surface area contributed by atoms with Crippen molar-refractivity contribution in [3.63, 3.8) is 0 Å². The lowest BCUT2D eigenvalue weighted by molar-refractivity contribution is -0.123. The second-order valence-electron chi connectivity index (χ2n) is 5.01. The Morgan fingerprint density at radius 2 is 2.00 bits per heavy atom. The van der Waals surface area contributed by atoms with Crippen LogP contribution in [0.25, 0.3) is 0 Å². The Morgan fingerprint density at radius 3 is 2.83 bits per heavy atom. The average molecular weight is 312 g/mol. The predicted molar refractivity (Wildman–Crippen MR) is 85.0 cm³/mol. The van der Waals surface area contributed by atoms with Crippen LogP contribution in [0.4, 0.5) is 0 Å². The average Bonchev–Trinajstić information content (AvgIpc) is 3.02. The van der Waals surface area contributed by atoms with Crippen molar-refractivity contribution in [3.8, 4) is 17.2 Å². The topological polar surface area (TPSA) is 69.2 Å². The summed E-state index contributed by atoms with van der Waals surface area (Å²) in [7, 11) is 0. The van der Waals surface area contributed by atoms with Crippen molar-refractivity contribution < 1.29 is 19.0 Å². The van der Waals surface area contributed by atoms with Crippen LogP contribution >= 0.6 is 0 Å². The number of nitrogens with zero attached hydrogens (tertiary/aromatic N) is 1. The zero-order chi connectivity index (χ0) is 16.1. The number of rotatable bonds is 5. The molecule has 6 heteroatoms. The van der Waals surface area contributed by atoms with Gasteiger partial charge in [-0.25, -0.2) is 5.43 Å². The van der Waals surface area contributed by atoms with Gasteiger partial charge < -0.3 is 14.2 Å². The minimum atomic E-state index is -0.331. The molecule has 1 aliphatic rings. The normalized spacial score (nSPS) is 12.4. The van der Waals surface area contributed by atoms with Gasteiger partial charge in [-0.2, -0.15) is 5.10 Å². The Labute approximate surface area is 133 Å². The third-order valence-electron chi connectivity index (χ3n) is 3.19. The molecule has 1 amide bonds. The van der Waals surface area contributed by atoms with Crippen LogP contribution in [0.5, 0.6) is 17.2 Å². The van der Waals surface area contributed by atoms with Crippen LogP contribution in [-0.4, -0.2) is 25.5 Å². The highest BCUT2D eigenvalue weighted by Gasteiger charge is 2.12. The molecule has 0 unspecified atom stereocenters. The van der Waals surface area contributed by atoms with Gasteiger partial charge in [0.2, 0.25) is 6.79 Å². The number of benzene rings is 2. The van der Waals surface area contributed by atoms with Gasteiger partial charge in [-0.05, 0) is 42.8 Å².